The number of hydrogen-bond donors (Lipinski definition) is 0. The molecule has 0 saturated carbocycles. The van der Waals surface area contributed by atoms with Crippen molar-refractivity contribution in [3.63, 3.8) is 0 Å². The molecule has 0 aromatic heterocycles. The molecule has 3 heteroatoms. The number of benzene rings is 1. The fraction of sp³-hybridized carbons (Fsp3) is 0.200. The van der Waals surface area contributed by atoms with Crippen LogP contribution in [0.1, 0.15) is 5.56 Å². The first kappa shape index (κ1) is 13.8. The molecule has 64 valence electrons. The molecule has 0 unspecified atom stereocenters. The van der Waals surface area contributed by atoms with Crippen molar-refractivity contribution in [3.8, 4) is 0 Å². The third-order valence-corrected chi connectivity index (χ3v) is 2.45. The molecule has 0 aliphatic carbocycles. The summed E-state index contributed by atoms with van der Waals surface area (Å²) in [6.45, 7) is 3.57. The summed E-state index contributed by atoms with van der Waals surface area (Å²) in [5, 5.41) is 0. The van der Waals surface area contributed by atoms with E-state index in [1.807, 2.05) is 42.1 Å². The molecule has 0 heterocycles. The molecular weight excluding hydrogens is 203 g/mol. The van der Waals surface area contributed by atoms with Crippen LogP contribution in [0, 0.1) is 0 Å². The molecule has 0 saturated heterocycles. The van der Waals surface area contributed by atoms with Gasteiger partial charge in [0.05, 0.1) is 0 Å². The Kier molecular flexibility index (Phi) is 6.67. The van der Waals surface area contributed by atoms with E-state index in [2.05, 4.69) is 0 Å². The van der Waals surface area contributed by atoms with E-state index >= 15 is 0 Å². The van der Waals surface area contributed by atoms with Gasteiger partial charge in [0.25, 0.3) is 0 Å². The molecule has 0 atom stereocenters. The van der Waals surface area contributed by atoms with Gasteiger partial charge in [-0.05, 0) is 13.9 Å². The Hall–Kier alpha value is 0.773. The Morgan fingerprint density at radius 3 is 2.15 bits per heavy atom. The normalized spacial score (nSPS) is 11.3. The molecule has 0 N–H and O–H groups in total. The van der Waals surface area contributed by atoms with Crippen LogP contribution in [0.3, 0.4) is 0 Å². The summed E-state index contributed by atoms with van der Waals surface area (Å²) in [5.74, 6) is 0. The summed E-state index contributed by atoms with van der Waals surface area (Å²) in [4.78, 5) is 11.3. The zero-order valence-corrected chi connectivity index (χ0v) is 12.6. The van der Waals surface area contributed by atoms with Crippen molar-refractivity contribution in [3.05, 3.63) is 41.6 Å². The molecule has 1 aromatic carbocycles. The average molecular weight is 216 g/mol. The van der Waals surface area contributed by atoms with Gasteiger partial charge in [0.15, 0.2) is 0 Å². The quantitative estimate of drug-likeness (QED) is 0.570. The van der Waals surface area contributed by atoms with Crippen LogP contribution in [0.2, 0.25) is 13.1 Å². The maximum absolute atomic E-state index is 11.3. The third kappa shape index (κ3) is 6.79. The van der Waals surface area contributed by atoms with Crippen molar-refractivity contribution in [2.24, 2.45) is 0 Å². The zero-order valence-electron chi connectivity index (χ0n) is 8.45. The Morgan fingerprint density at radius 1 is 1.15 bits per heavy atom. The first-order valence-corrected chi connectivity index (χ1v) is 7.01. The van der Waals surface area contributed by atoms with Crippen molar-refractivity contribution in [2.45, 2.75) is 13.1 Å². The van der Waals surface area contributed by atoms with Crippen LogP contribution in [-0.2, 0) is 0 Å². The third-order valence-electron chi connectivity index (χ3n) is 1.48. The van der Waals surface area contributed by atoms with Crippen LogP contribution in [0.5, 0.6) is 0 Å². The molecule has 0 aliphatic heterocycles. The van der Waals surface area contributed by atoms with E-state index in [1.54, 1.807) is 13.1 Å². The van der Waals surface area contributed by atoms with Gasteiger partial charge < -0.3 is 4.80 Å². The van der Waals surface area contributed by atoms with E-state index in [1.165, 1.54) is 0 Å². The van der Waals surface area contributed by atoms with Gasteiger partial charge in [-0.15, -0.1) is 5.70 Å². The minimum atomic E-state index is -2.27. The second kappa shape index (κ2) is 6.29. The summed E-state index contributed by atoms with van der Waals surface area (Å²) in [7, 11) is -2.27. The summed E-state index contributed by atoms with van der Waals surface area (Å²) >= 11 is 0. The smallest absolute Gasteiger partial charge is 0.856 e. The van der Waals surface area contributed by atoms with Gasteiger partial charge in [0.2, 0.25) is 0 Å². The maximum Gasteiger partial charge on any atom is 1.00 e. The summed E-state index contributed by atoms with van der Waals surface area (Å²) in [6, 6.07) is 9.91. The predicted molar refractivity (Wildman–Crippen MR) is 53.0 cm³/mol. The Balaban J connectivity index is 0.00000144. The maximum atomic E-state index is 11.3. The molecule has 0 fully saturated rings. The summed E-state index contributed by atoms with van der Waals surface area (Å²) in [6.07, 6.45) is 1.92. The van der Waals surface area contributed by atoms with E-state index in [9.17, 15) is 4.80 Å². The van der Waals surface area contributed by atoms with E-state index in [4.69, 9.17) is 0 Å². The molecule has 0 amide bonds. The van der Waals surface area contributed by atoms with Crippen molar-refractivity contribution in [1.82, 2.24) is 0 Å². The SMILES string of the molecule is C[Si](C)([O-])/C=C/c1ccccc1.[K+]. The zero-order chi connectivity index (χ0) is 9.03. The molecule has 0 aliphatic rings. The molecule has 0 bridgehead atoms. The Labute approximate surface area is 123 Å². The molecule has 1 nitrogen and oxygen atoms in total. The van der Waals surface area contributed by atoms with Crippen LogP contribution in [0.4, 0.5) is 0 Å². The van der Waals surface area contributed by atoms with Gasteiger partial charge in [-0.2, -0.15) is 0 Å². The minimum absolute atomic E-state index is 0. The molecule has 0 radical (unpaired) electrons. The van der Waals surface area contributed by atoms with Gasteiger partial charge in [0, 0.05) is 0 Å². The van der Waals surface area contributed by atoms with E-state index in [-0.39, 0.29) is 51.4 Å². The van der Waals surface area contributed by atoms with Crippen molar-refractivity contribution in [2.75, 3.05) is 0 Å². The van der Waals surface area contributed by atoms with Crippen LogP contribution < -0.4 is 56.2 Å². The molecule has 1 rings (SSSR count). The van der Waals surface area contributed by atoms with Crippen molar-refractivity contribution >= 4 is 14.4 Å². The number of rotatable bonds is 2. The topological polar surface area (TPSA) is 23.1 Å². The molecule has 1 aromatic rings. The van der Waals surface area contributed by atoms with Crippen LogP contribution in [0.25, 0.3) is 6.08 Å². The Morgan fingerprint density at radius 2 is 1.69 bits per heavy atom. The standard InChI is InChI=1S/C10H13OSi.K/c1-12(2,11)9-8-10-6-4-3-5-7-10;/h3-9H,1-2H3;/q-1;+1/b9-8+;. The van der Waals surface area contributed by atoms with Crippen molar-refractivity contribution < 1.29 is 56.2 Å². The summed E-state index contributed by atoms with van der Waals surface area (Å²) < 4.78 is 0. The van der Waals surface area contributed by atoms with Crippen LogP contribution >= 0.6 is 0 Å². The second-order valence-electron chi connectivity index (χ2n) is 3.35. The molecule has 0 spiro atoms. The fourth-order valence-corrected chi connectivity index (χ4v) is 1.45. The van der Waals surface area contributed by atoms with E-state index in [0.717, 1.165) is 5.56 Å². The van der Waals surface area contributed by atoms with E-state index < -0.39 is 8.32 Å². The van der Waals surface area contributed by atoms with Gasteiger partial charge in [0.1, 0.15) is 0 Å². The monoisotopic (exact) mass is 216 g/mol. The summed E-state index contributed by atoms with van der Waals surface area (Å²) in [5.41, 5.74) is 2.91. The van der Waals surface area contributed by atoms with Gasteiger partial charge >= 0.3 is 51.4 Å². The van der Waals surface area contributed by atoms with Crippen LogP contribution in [0.15, 0.2) is 36.0 Å². The second-order valence-corrected chi connectivity index (χ2v) is 6.89. The first-order valence-electron chi connectivity index (χ1n) is 4.03. The fourth-order valence-electron chi connectivity index (χ4n) is 0.861. The minimum Gasteiger partial charge on any atom is -0.856 e. The predicted octanol–water partition coefficient (Wildman–Crippen LogP) is -1.19. The van der Waals surface area contributed by atoms with Gasteiger partial charge in [-0.25, -0.2) is 0 Å². The average Bonchev–Trinajstić information content (AvgIpc) is 2.02. The molecular formula is C10H13KOSi. The first-order chi connectivity index (χ1) is 5.58. The van der Waals surface area contributed by atoms with Gasteiger partial charge in [-0.3, -0.25) is 0 Å². The Bertz CT molecular complexity index is 264. The van der Waals surface area contributed by atoms with Crippen molar-refractivity contribution in [1.29, 1.82) is 0 Å². The van der Waals surface area contributed by atoms with Crippen LogP contribution in [-0.4, -0.2) is 8.32 Å². The van der Waals surface area contributed by atoms with Gasteiger partial charge in [-0.1, -0.05) is 49.5 Å². The molecule has 13 heavy (non-hydrogen) atoms. The number of hydrogen-bond acceptors (Lipinski definition) is 1. The largest absolute Gasteiger partial charge is 1.00 e. The van der Waals surface area contributed by atoms with E-state index in [0.29, 0.717) is 0 Å².